The van der Waals surface area contributed by atoms with E-state index in [9.17, 15) is 12.8 Å². The average molecular weight is 359 g/mol. The van der Waals surface area contributed by atoms with Crippen molar-refractivity contribution >= 4 is 10.0 Å². The van der Waals surface area contributed by atoms with Crippen LogP contribution in [0, 0.1) is 17.1 Å². The summed E-state index contributed by atoms with van der Waals surface area (Å²) in [7, 11) is -3.61. The molecular formula is C18H18FN3O2S. The van der Waals surface area contributed by atoms with Gasteiger partial charge in [0.2, 0.25) is 10.0 Å². The van der Waals surface area contributed by atoms with Gasteiger partial charge in [0.05, 0.1) is 23.4 Å². The molecule has 3 rings (SSSR count). The van der Waals surface area contributed by atoms with Gasteiger partial charge in [-0.1, -0.05) is 24.3 Å². The minimum absolute atomic E-state index is 0.186. The smallest absolute Gasteiger partial charge is 0.218 e. The van der Waals surface area contributed by atoms with E-state index in [1.54, 1.807) is 36.4 Å². The van der Waals surface area contributed by atoms with Gasteiger partial charge in [0.15, 0.2) is 0 Å². The van der Waals surface area contributed by atoms with Crippen LogP contribution in [-0.2, 0) is 15.8 Å². The first-order chi connectivity index (χ1) is 12.0. The van der Waals surface area contributed by atoms with Crippen molar-refractivity contribution in [1.82, 2.24) is 9.62 Å². The third-order valence-corrected chi connectivity index (χ3v) is 6.04. The van der Waals surface area contributed by atoms with Gasteiger partial charge < -0.3 is 5.32 Å². The van der Waals surface area contributed by atoms with E-state index < -0.39 is 16.1 Å². The maximum atomic E-state index is 13.6. The van der Waals surface area contributed by atoms with Gasteiger partial charge in [0.25, 0.3) is 0 Å². The minimum Gasteiger partial charge on any atom is -0.313 e. The number of nitrogens with one attached hydrogen (secondary N) is 1. The van der Waals surface area contributed by atoms with Gasteiger partial charge in [-0.05, 0) is 35.4 Å². The number of piperazine rings is 1. The van der Waals surface area contributed by atoms with Crippen molar-refractivity contribution in [1.29, 1.82) is 5.26 Å². The maximum Gasteiger partial charge on any atom is 0.218 e. The van der Waals surface area contributed by atoms with Crippen LogP contribution in [-0.4, -0.2) is 32.4 Å². The molecular weight excluding hydrogens is 341 g/mol. The third-order valence-electron chi connectivity index (χ3n) is 4.19. The van der Waals surface area contributed by atoms with E-state index in [1.165, 1.54) is 16.4 Å². The van der Waals surface area contributed by atoms with Gasteiger partial charge >= 0.3 is 0 Å². The molecule has 1 unspecified atom stereocenters. The van der Waals surface area contributed by atoms with E-state index in [4.69, 9.17) is 5.26 Å². The Bertz CT molecular complexity index is 909. The van der Waals surface area contributed by atoms with Crippen LogP contribution in [0.5, 0.6) is 0 Å². The molecule has 1 aliphatic rings. The van der Waals surface area contributed by atoms with Gasteiger partial charge in [0.1, 0.15) is 5.82 Å². The Balaban J connectivity index is 1.89. The largest absolute Gasteiger partial charge is 0.313 e. The molecule has 7 heteroatoms. The van der Waals surface area contributed by atoms with Crippen molar-refractivity contribution in [2.24, 2.45) is 0 Å². The molecule has 2 aromatic carbocycles. The first kappa shape index (κ1) is 17.5. The van der Waals surface area contributed by atoms with Gasteiger partial charge in [-0.2, -0.15) is 9.57 Å². The van der Waals surface area contributed by atoms with E-state index in [0.717, 1.165) is 0 Å². The lowest BCUT2D eigenvalue weighted by molar-refractivity contribution is 0.270. The number of sulfonamides is 1. The summed E-state index contributed by atoms with van der Waals surface area (Å²) in [6.07, 6.45) is 0. The molecule has 1 fully saturated rings. The third kappa shape index (κ3) is 4.04. The van der Waals surface area contributed by atoms with Gasteiger partial charge in [-0.3, -0.25) is 0 Å². The van der Waals surface area contributed by atoms with Crippen molar-refractivity contribution in [2.75, 3.05) is 19.6 Å². The topological polar surface area (TPSA) is 73.2 Å². The number of hydrogen-bond acceptors (Lipinski definition) is 4. The molecule has 0 radical (unpaired) electrons. The van der Waals surface area contributed by atoms with Crippen LogP contribution in [0.3, 0.4) is 0 Å². The second kappa shape index (κ2) is 7.31. The number of rotatable bonds is 4. The molecule has 0 aromatic heterocycles. The van der Waals surface area contributed by atoms with E-state index >= 15 is 0 Å². The molecule has 25 heavy (non-hydrogen) atoms. The summed E-state index contributed by atoms with van der Waals surface area (Å²) in [5, 5.41) is 12.1. The van der Waals surface area contributed by atoms with Crippen molar-refractivity contribution in [2.45, 2.75) is 11.8 Å². The molecule has 0 amide bonds. The van der Waals surface area contributed by atoms with E-state index in [1.807, 2.05) is 6.07 Å². The summed E-state index contributed by atoms with van der Waals surface area (Å²) in [5.41, 5.74) is 1.62. The zero-order valence-electron chi connectivity index (χ0n) is 13.5. The lowest BCUT2D eigenvalue weighted by Crippen LogP contribution is -2.48. The number of nitriles is 1. The normalized spacial score (nSPS) is 18.6. The fourth-order valence-electron chi connectivity index (χ4n) is 3.04. The van der Waals surface area contributed by atoms with Crippen LogP contribution >= 0.6 is 0 Å². The molecule has 2 aromatic rings. The monoisotopic (exact) mass is 359 g/mol. The number of nitrogens with zero attached hydrogens (tertiary/aromatic N) is 2. The summed E-state index contributed by atoms with van der Waals surface area (Å²) in [5.74, 6) is -0.573. The molecule has 1 heterocycles. The summed E-state index contributed by atoms with van der Waals surface area (Å²) in [6.45, 7) is 1.30. The molecule has 0 bridgehead atoms. The predicted octanol–water partition coefficient (Wildman–Crippen LogP) is 2.17. The van der Waals surface area contributed by atoms with Crippen molar-refractivity contribution in [3.63, 3.8) is 0 Å². The van der Waals surface area contributed by atoms with Crippen molar-refractivity contribution in [3.05, 3.63) is 71.0 Å². The highest BCUT2D eigenvalue weighted by Crippen LogP contribution is 2.27. The van der Waals surface area contributed by atoms with Gasteiger partial charge in [-0.25, -0.2) is 12.8 Å². The van der Waals surface area contributed by atoms with Crippen LogP contribution in [0.15, 0.2) is 48.5 Å². The van der Waals surface area contributed by atoms with Crippen molar-refractivity contribution < 1.29 is 12.8 Å². The van der Waals surface area contributed by atoms with Crippen LogP contribution in [0.1, 0.15) is 22.7 Å². The second-order valence-electron chi connectivity index (χ2n) is 5.95. The predicted molar refractivity (Wildman–Crippen MR) is 92.5 cm³/mol. The lowest BCUT2D eigenvalue weighted by atomic mass is 10.1. The molecule has 0 aliphatic carbocycles. The highest BCUT2D eigenvalue weighted by molar-refractivity contribution is 7.88. The summed E-state index contributed by atoms with van der Waals surface area (Å²) in [6, 6.07) is 14.2. The van der Waals surface area contributed by atoms with E-state index in [0.29, 0.717) is 36.3 Å². The fourth-order valence-corrected chi connectivity index (χ4v) is 4.76. The number of benzene rings is 2. The first-order valence-corrected chi connectivity index (χ1v) is 9.55. The zero-order valence-corrected chi connectivity index (χ0v) is 14.3. The quantitative estimate of drug-likeness (QED) is 0.908. The fraction of sp³-hybridized carbons (Fsp3) is 0.278. The second-order valence-corrected chi connectivity index (χ2v) is 7.88. The Morgan fingerprint density at radius 3 is 2.80 bits per heavy atom. The Kier molecular flexibility index (Phi) is 5.13. The molecule has 0 spiro atoms. The van der Waals surface area contributed by atoms with Crippen LogP contribution in [0.2, 0.25) is 0 Å². The highest BCUT2D eigenvalue weighted by Gasteiger charge is 2.33. The highest BCUT2D eigenvalue weighted by atomic mass is 32.2. The molecule has 1 aliphatic heterocycles. The van der Waals surface area contributed by atoms with E-state index in [2.05, 4.69) is 5.32 Å². The Morgan fingerprint density at radius 1 is 1.24 bits per heavy atom. The zero-order chi connectivity index (χ0) is 17.9. The van der Waals surface area contributed by atoms with Crippen molar-refractivity contribution in [3.8, 4) is 6.07 Å². The standard InChI is InChI=1S/C18H18FN3O2S/c19-17-6-2-5-16(10-17)18-12-21-7-8-22(18)25(23,24)13-15-4-1-3-14(9-15)11-20/h1-6,9-10,18,21H,7-8,12-13H2. The van der Waals surface area contributed by atoms with Gasteiger partial charge in [0, 0.05) is 19.6 Å². The summed E-state index contributed by atoms with van der Waals surface area (Å²) < 4.78 is 40.9. The molecule has 5 nitrogen and oxygen atoms in total. The maximum absolute atomic E-state index is 13.6. The Morgan fingerprint density at radius 2 is 2.04 bits per heavy atom. The van der Waals surface area contributed by atoms with E-state index in [-0.39, 0.29) is 11.6 Å². The SMILES string of the molecule is N#Cc1cccc(CS(=O)(=O)N2CCNCC2c2cccc(F)c2)c1. The average Bonchev–Trinajstić information content (AvgIpc) is 2.61. The lowest BCUT2D eigenvalue weighted by Gasteiger charge is -2.35. The Hall–Kier alpha value is -2.27. The molecule has 0 saturated carbocycles. The number of halogens is 1. The van der Waals surface area contributed by atoms with Gasteiger partial charge in [-0.15, -0.1) is 0 Å². The Labute approximate surface area is 146 Å². The molecule has 1 N–H and O–H groups in total. The summed E-state index contributed by atoms with van der Waals surface area (Å²) >= 11 is 0. The summed E-state index contributed by atoms with van der Waals surface area (Å²) in [4.78, 5) is 0. The minimum atomic E-state index is -3.61. The number of hydrogen-bond donors (Lipinski definition) is 1. The molecule has 1 saturated heterocycles. The van der Waals surface area contributed by atoms with Crippen LogP contribution in [0.25, 0.3) is 0 Å². The first-order valence-electron chi connectivity index (χ1n) is 7.94. The molecule has 1 atom stereocenters. The van der Waals surface area contributed by atoms with Crippen LogP contribution in [0.4, 0.5) is 4.39 Å². The van der Waals surface area contributed by atoms with Crippen LogP contribution < -0.4 is 5.32 Å². The molecule has 130 valence electrons.